The molecule has 0 radical (unpaired) electrons. The fourth-order valence-corrected chi connectivity index (χ4v) is 3.88. The van der Waals surface area contributed by atoms with Crippen molar-refractivity contribution in [3.05, 3.63) is 0 Å². The largest absolute Gasteiger partial charge is 0.299 e. The van der Waals surface area contributed by atoms with E-state index < -0.39 is 0 Å². The molecule has 0 aromatic rings. The van der Waals surface area contributed by atoms with Crippen LogP contribution in [0.4, 0.5) is 0 Å². The number of Topliss-reactive ketones (excluding diaryl/α,β-unsaturated/α-hetero) is 1. The Balaban J connectivity index is 1.85. The van der Waals surface area contributed by atoms with Gasteiger partial charge in [0.05, 0.1) is 5.25 Å². The zero-order valence-corrected chi connectivity index (χ0v) is 13.1. The summed E-state index contributed by atoms with van der Waals surface area (Å²) in [7, 11) is 0. The van der Waals surface area contributed by atoms with Crippen molar-refractivity contribution < 1.29 is 14.4 Å². The molecule has 1 saturated carbocycles. The van der Waals surface area contributed by atoms with Gasteiger partial charge >= 0.3 is 0 Å². The Kier molecular flexibility index (Phi) is 5.24. The average molecular weight is 297 g/mol. The molecule has 1 heterocycles. The first-order chi connectivity index (χ1) is 9.56. The maximum absolute atomic E-state index is 12.1. The van der Waals surface area contributed by atoms with Crippen LogP contribution in [0.15, 0.2) is 0 Å². The summed E-state index contributed by atoms with van der Waals surface area (Å²) in [6, 6.07) is 0. The zero-order valence-electron chi connectivity index (χ0n) is 12.3. The second-order valence-corrected chi connectivity index (χ2v) is 6.85. The van der Waals surface area contributed by atoms with Gasteiger partial charge in [-0.15, -0.1) is 0 Å². The summed E-state index contributed by atoms with van der Waals surface area (Å²) in [5.41, 5.74) is 0. The van der Waals surface area contributed by atoms with Crippen LogP contribution < -0.4 is 0 Å². The van der Waals surface area contributed by atoms with Gasteiger partial charge in [-0.3, -0.25) is 19.3 Å². The maximum atomic E-state index is 12.1. The van der Waals surface area contributed by atoms with Gasteiger partial charge in [-0.25, -0.2) is 0 Å². The molecule has 2 rings (SSSR count). The normalized spacial score (nSPS) is 30.9. The van der Waals surface area contributed by atoms with Gasteiger partial charge in [0.15, 0.2) is 0 Å². The van der Waals surface area contributed by atoms with E-state index in [-0.39, 0.29) is 23.0 Å². The van der Waals surface area contributed by atoms with Crippen LogP contribution in [0.1, 0.15) is 45.4 Å². The SMILES string of the molecule is CCC(=O)C1CCC(CN2C(=O)CC(SC)C2=O)CC1. The van der Waals surface area contributed by atoms with Crippen LogP contribution in [-0.4, -0.2) is 40.5 Å². The highest BCUT2D eigenvalue weighted by Crippen LogP contribution is 2.32. The highest BCUT2D eigenvalue weighted by Gasteiger charge is 2.39. The van der Waals surface area contributed by atoms with Gasteiger partial charge in [-0.2, -0.15) is 11.8 Å². The maximum Gasteiger partial charge on any atom is 0.242 e. The molecular weight excluding hydrogens is 274 g/mol. The minimum absolute atomic E-state index is 0.0192. The zero-order chi connectivity index (χ0) is 14.7. The molecular formula is C15H23NO3S. The van der Waals surface area contributed by atoms with Crippen molar-refractivity contribution in [2.75, 3.05) is 12.8 Å². The van der Waals surface area contributed by atoms with Crippen molar-refractivity contribution in [2.24, 2.45) is 11.8 Å². The van der Waals surface area contributed by atoms with Crippen LogP contribution in [0.5, 0.6) is 0 Å². The van der Waals surface area contributed by atoms with Crippen molar-refractivity contribution in [3.63, 3.8) is 0 Å². The second-order valence-electron chi connectivity index (χ2n) is 5.81. The number of thioether (sulfide) groups is 1. The monoisotopic (exact) mass is 297 g/mol. The van der Waals surface area contributed by atoms with E-state index in [1.165, 1.54) is 16.7 Å². The topological polar surface area (TPSA) is 54.5 Å². The molecule has 1 aliphatic heterocycles. The van der Waals surface area contributed by atoms with Gasteiger partial charge in [-0.05, 0) is 37.9 Å². The third-order valence-corrected chi connectivity index (χ3v) is 5.52. The summed E-state index contributed by atoms with van der Waals surface area (Å²) in [6.45, 7) is 2.47. The molecule has 0 bridgehead atoms. The molecule has 0 aromatic heterocycles. The number of ketones is 1. The lowest BCUT2D eigenvalue weighted by Crippen LogP contribution is -2.37. The Bertz CT molecular complexity index is 402. The Labute approximate surface area is 124 Å². The Hall–Kier alpha value is -0.840. The molecule has 0 spiro atoms. The van der Waals surface area contributed by atoms with Gasteiger partial charge in [0, 0.05) is 25.3 Å². The number of hydrogen-bond donors (Lipinski definition) is 0. The van der Waals surface area contributed by atoms with Crippen LogP contribution in [0, 0.1) is 11.8 Å². The summed E-state index contributed by atoms with van der Waals surface area (Å²) in [5.74, 6) is 0.902. The second kappa shape index (κ2) is 6.74. The van der Waals surface area contributed by atoms with E-state index in [1.807, 2.05) is 13.2 Å². The van der Waals surface area contributed by atoms with E-state index in [4.69, 9.17) is 0 Å². The molecule has 1 aliphatic carbocycles. The van der Waals surface area contributed by atoms with Gasteiger partial charge in [0.2, 0.25) is 11.8 Å². The van der Waals surface area contributed by atoms with Crippen molar-refractivity contribution in [1.29, 1.82) is 0 Å². The highest BCUT2D eigenvalue weighted by molar-refractivity contribution is 8.00. The van der Waals surface area contributed by atoms with Crippen molar-refractivity contribution >= 4 is 29.4 Å². The predicted molar refractivity (Wildman–Crippen MR) is 79.4 cm³/mol. The number of nitrogens with zero attached hydrogens (tertiary/aromatic N) is 1. The summed E-state index contributed by atoms with van der Waals surface area (Å²) < 4.78 is 0. The van der Waals surface area contributed by atoms with E-state index in [0.29, 0.717) is 31.1 Å². The third-order valence-electron chi connectivity index (χ3n) is 4.58. The van der Waals surface area contributed by atoms with Gasteiger partial charge in [0.25, 0.3) is 0 Å². The first kappa shape index (κ1) is 15.5. The molecule has 4 nitrogen and oxygen atoms in total. The van der Waals surface area contributed by atoms with Crippen molar-refractivity contribution in [3.8, 4) is 0 Å². The van der Waals surface area contributed by atoms with Gasteiger partial charge in [0.1, 0.15) is 5.78 Å². The molecule has 5 heteroatoms. The number of carbonyl (C=O) groups is 3. The fourth-order valence-electron chi connectivity index (χ4n) is 3.24. The summed E-state index contributed by atoms with van der Waals surface area (Å²) in [4.78, 5) is 37.1. The minimum atomic E-state index is -0.180. The third kappa shape index (κ3) is 3.25. The first-order valence-electron chi connectivity index (χ1n) is 7.46. The van der Waals surface area contributed by atoms with Crippen LogP contribution in [0.3, 0.4) is 0 Å². The van der Waals surface area contributed by atoms with Crippen LogP contribution >= 0.6 is 11.8 Å². The highest BCUT2D eigenvalue weighted by atomic mass is 32.2. The number of imide groups is 1. The standard InChI is InChI=1S/C15H23NO3S/c1-3-12(17)11-6-4-10(5-7-11)9-16-14(18)8-13(20-2)15(16)19/h10-11,13H,3-9H2,1-2H3. The molecule has 112 valence electrons. The summed E-state index contributed by atoms with van der Waals surface area (Å²) >= 11 is 1.46. The van der Waals surface area contributed by atoms with E-state index in [2.05, 4.69) is 0 Å². The predicted octanol–water partition coefficient (Wildman–Crippen LogP) is 2.26. The molecule has 0 N–H and O–H groups in total. The lowest BCUT2D eigenvalue weighted by molar-refractivity contribution is -0.139. The van der Waals surface area contributed by atoms with E-state index in [1.54, 1.807) is 0 Å². The molecule has 0 aromatic carbocycles. The van der Waals surface area contributed by atoms with Gasteiger partial charge in [-0.1, -0.05) is 6.92 Å². The number of amides is 2. The molecule has 2 fully saturated rings. The molecule has 1 atom stereocenters. The molecule has 1 unspecified atom stereocenters. The van der Waals surface area contributed by atoms with Gasteiger partial charge < -0.3 is 0 Å². The first-order valence-corrected chi connectivity index (χ1v) is 8.75. The van der Waals surface area contributed by atoms with Crippen LogP contribution in [0.25, 0.3) is 0 Å². The molecule has 2 amide bonds. The Morgan fingerprint density at radius 2 is 1.90 bits per heavy atom. The number of hydrogen-bond acceptors (Lipinski definition) is 4. The minimum Gasteiger partial charge on any atom is -0.299 e. The lowest BCUT2D eigenvalue weighted by atomic mass is 9.79. The fraction of sp³-hybridized carbons (Fsp3) is 0.800. The number of likely N-dealkylation sites (tertiary alicyclic amines) is 1. The summed E-state index contributed by atoms with van der Waals surface area (Å²) in [5, 5.41) is -0.180. The Morgan fingerprint density at radius 3 is 2.40 bits per heavy atom. The van der Waals surface area contributed by atoms with Crippen LogP contribution in [-0.2, 0) is 14.4 Å². The van der Waals surface area contributed by atoms with Crippen molar-refractivity contribution in [1.82, 2.24) is 4.90 Å². The molecule has 1 saturated heterocycles. The quantitative estimate of drug-likeness (QED) is 0.730. The average Bonchev–Trinajstić information content (AvgIpc) is 2.74. The van der Waals surface area contributed by atoms with E-state index in [0.717, 1.165) is 25.7 Å². The van der Waals surface area contributed by atoms with E-state index in [9.17, 15) is 14.4 Å². The molecule has 2 aliphatic rings. The van der Waals surface area contributed by atoms with E-state index >= 15 is 0 Å². The van der Waals surface area contributed by atoms with Crippen molar-refractivity contribution in [2.45, 2.75) is 50.7 Å². The lowest BCUT2D eigenvalue weighted by Gasteiger charge is -2.29. The number of carbonyl (C=O) groups excluding carboxylic acids is 3. The molecule has 20 heavy (non-hydrogen) atoms. The number of rotatable bonds is 5. The summed E-state index contributed by atoms with van der Waals surface area (Å²) in [6.07, 6.45) is 6.59. The Morgan fingerprint density at radius 1 is 1.25 bits per heavy atom. The van der Waals surface area contributed by atoms with Crippen LogP contribution in [0.2, 0.25) is 0 Å². The smallest absolute Gasteiger partial charge is 0.242 e.